The number of nitrogens with one attached hydrogen (secondary N) is 1. The van der Waals surface area contributed by atoms with Crippen LogP contribution in [0, 0.1) is 6.92 Å². The molecular formula is C19H20ClN3O3. The van der Waals surface area contributed by atoms with Crippen molar-refractivity contribution in [2.45, 2.75) is 13.3 Å². The molecule has 1 fully saturated rings. The van der Waals surface area contributed by atoms with Gasteiger partial charge in [0.2, 0.25) is 5.56 Å². The summed E-state index contributed by atoms with van der Waals surface area (Å²) in [7, 11) is 0. The Morgan fingerprint density at radius 2 is 1.58 bits per heavy atom. The van der Waals surface area contributed by atoms with Crippen molar-refractivity contribution in [3.05, 3.63) is 68.6 Å². The maximum absolute atomic E-state index is 12.7. The van der Waals surface area contributed by atoms with Gasteiger partial charge in [-0.25, -0.2) is 0 Å². The second kappa shape index (κ2) is 7.74. The quantitative estimate of drug-likeness (QED) is 0.878. The third-order valence-electron chi connectivity index (χ3n) is 4.38. The number of pyridine rings is 1. The fraction of sp³-hybridized carbons (Fsp3) is 0.316. The molecule has 1 aliphatic rings. The topological polar surface area (TPSA) is 73.5 Å². The Bertz CT molecular complexity index is 876. The van der Waals surface area contributed by atoms with Gasteiger partial charge in [-0.15, -0.1) is 0 Å². The highest BCUT2D eigenvalue weighted by molar-refractivity contribution is 6.30. The second-order valence-corrected chi connectivity index (χ2v) is 6.82. The zero-order chi connectivity index (χ0) is 18.7. The highest BCUT2D eigenvalue weighted by Gasteiger charge is 2.24. The van der Waals surface area contributed by atoms with E-state index in [1.165, 1.54) is 6.07 Å². The van der Waals surface area contributed by atoms with Crippen molar-refractivity contribution >= 4 is 23.4 Å². The first-order valence-electron chi connectivity index (χ1n) is 8.49. The minimum atomic E-state index is -0.289. The fourth-order valence-corrected chi connectivity index (χ4v) is 3.19. The van der Waals surface area contributed by atoms with Crippen molar-refractivity contribution in [2.24, 2.45) is 0 Å². The van der Waals surface area contributed by atoms with Crippen LogP contribution in [0.3, 0.4) is 0 Å². The molecule has 7 heteroatoms. The van der Waals surface area contributed by atoms with E-state index >= 15 is 0 Å². The standard InChI is InChI=1S/C19H20ClN3O3/c1-13-11-16(21-17(24)12-13)19(26)23-8-2-7-22(9-10-23)18(25)14-3-5-15(20)6-4-14/h3-6,11-12H,2,7-10H2,1H3,(H,21,24). The first-order chi connectivity index (χ1) is 12.4. The number of halogens is 1. The van der Waals surface area contributed by atoms with Gasteiger partial charge < -0.3 is 14.8 Å². The molecule has 136 valence electrons. The average Bonchev–Trinajstić information content (AvgIpc) is 2.86. The summed E-state index contributed by atoms with van der Waals surface area (Å²) in [5.41, 5.74) is 1.32. The molecule has 0 aliphatic carbocycles. The monoisotopic (exact) mass is 373 g/mol. The van der Waals surface area contributed by atoms with Crippen LogP contribution in [0.25, 0.3) is 0 Å². The van der Waals surface area contributed by atoms with Crippen LogP contribution in [-0.4, -0.2) is 52.8 Å². The van der Waals surface area contributed by atoms with Gasteiger partial charge in [0, 0.05) is 42.8 Å². The fourth-order valence-electron chi connectivity index (χ4n) is 3.07. The lowest BCUT2D eigenvalue weighted by Gasteiger charge is -2.22. The molecule has 1 aromatic heterocycles. The normalized spacial score (nSPS) is 14.8. The predicted octanol–water partition coefficient (Wildman–Crippen LogP) is 2.33. The van der Waals surface area contributed by atoms with E-state index < -0.39 is 0 Å². The maximum atomic E-state index is 12.7. The van der Waals surface area contributed by atoms with Gasteiger partial charge in [0.25, 0.3) is 11.8 Å². The molecule has 0 spiro atoms. The minimum absolute atomic E-state index is 0.0695. The number of benzene rings is 1. The Balaban J connectivity index is 1.69. The van der Waals surface area contributed by atoms with Crippen LogP contribution in [0.15, 0.2) is 41.2 Å². The van der Waals surface area contributed by atoms with Crippen LogP contribution in [0.2, 0.25) is 5.02 Å². The van der Waals surface area contributed by atoms with Crippen molar-refractivity contribution in [2.75, 3.05) is 26.2 Å². The Morgan fingerprint density at radius 3 is 2.19 bits per heavy atom. The molecule has 0 unspecified atom stereocenters. The molecule has 2 aromatic rings. The lowest BCUT2D eigenvalue weighted by atomic mass is 10.2. The van der Waals surface area contributed by atoms with Gasteiger partial charge in [-0.05, 0) is 49.2 Å². The van der Waals surface area contributed by atoms with Crippen LogP contribution in [-0.2, 0) is 0 Å². The maximum Gasteiger partial charge on any atom is 0.270 e. The van der Waals surface area contributed by atoms with E-state index in [0.717, 1.165) is 5.56 Å². The summed E-state index contributed by atoms with van der Waals surface area (Å²) in [6.45, 7) is 3.77. The van der Waals surface area contributed by atoms with E-state index in [9.17, 15) is 14.4 Å². The molecule has 1 N–H and O–H groups in total. The number of aromatic amines is 1. The molecule has 0 bridgehead atoms. The number of carbonyl (C=O) groups is 2. The zero-order valence-electron chi connectivity index (χ0n) is 14.5. The Hall–Kier alpha value is -2.60. The summed E-state index contributed by atoms with van der Waals surface area (Å²) < 4.78 is 0. The van der Waals surface area contributed by atoms with Gasteiger partial charge >= 0.3 is 0 Å². The third-order valence-corrected chi connectivity index (χ3v) is 4.63. The molecule has 0 atom stereocenters. The van der Waals surface area contributed by atoms with Crippen molar-refractivity contribution in [3.8, 4) is 0 Å². The predicted molar refractivity (Wildman–Crippen MR) is 99.7 cm³/mol. The van der Waals surface area contributed by atoms with Gasteiger partial charge in [0.15, 0.2) is 0 Å². The molecule has 26 heavy (non-hydrogen) atoms. The van der Waals surface area contributed by atoms with Crippen molar-refractivity contribution < 1.29 is 9.59 Å². The van der Waals surface area contributed by atoms with Crippen molar-refractivity contribution in [3.63, 3.8) is 0 Å². The number of rotatable bonds is 2. The van der Waals surface area contributed by atoms with Crippen LogP contribution < -0.4 is 5.56 Å². The van der Waals surface area contributed by atoms with Gasteiger partial charge in [0.05, 0.1) is 0 Å². The lowest BCUT2D eigenvalue weighted by molar-refractivity contribution is 0.0715. The molecule has 2 heterocycles. The first-order valence-corrected chi connectivity index (χ1v) is 8.87. The highest BCUT2D eigenvalue weighted by Crippen LogP contribution is 2.14. The highest BCUT2D eigenvalue weighted by atomic mass is 35.5. The first kappa shape index (κ1) is 18.2. The largest absolute Gasteiger partial charge is 0.337 e. The molecule has 3 rings (SSSR count). The van der Waals surface area contributed by atoms with Gasteiger partial charge in [0.1, 0.15) is 5.69 Å². The van der Waals surface area contributed by atoms with Crippen molar-refractivity contribution in [1.29, 1.82) is 0 Å². The Kier molecular flexibility index (Phi) is 5.42. The lowest BCUT2D eigenvalue weighted by Crippen LogP contribution is -2.38. The van der Waals surface area contributed by atoms with E-state index in [0.29, 0.717) is 43.2 Å². The van der Waals surface area contributed by atoms with Gasteiger partial charge in [-0.1, -0.05) is 11.6 Å². The molecule has 0 saturated carbocycles. The summed E-state index contributed by atoms with van der Waals surface area (Å²) in [5.74, 6) is -0.286. The van der Waals surface area contributed by atoms with Crippen LogP contribution in [0.4, 0.5) is 0 Å². The molecule has 1 aromatic carbocycles. The molecular weight excluding hydrogens is 354 g/mol. The van der Waals surface area contributed by atoms with E-state index in [1.807, 2.05) is 0 Å². The van der Waals surface area contributed by atoms with E-state index in [2.05, 4.69) is 4.98 Å². The SMILES string of the molecule is Cc1cc(C(=O)N2CCCN(C(=O)c3ccc(Cl)cc3)CC2)[nH]c(=O)c1. The number of carbonyl (C=O) groups excluding carboxylic acids is 2. The van der Waals surface area contributed by atoms with Gasteiger partial charge in [-0.2, -0.15) is 0 Å². The summed E-state index contributed by atoms with van der Waals surface area (Å²) in [4.78, 5) is 42.9. The smallest absolute Gasteiger partial charge is 0.270 e. The van der Waals surface area contributed by atoms with E-state index in [1.54, 1.807) is 47.1 Å². The summed E-state index contributed by atoms with van der Waals surface area (Å²) in [6, 6.07) is 9.91. The minimum Gasteiger partial charge on any atom is -0.337 e. The number of aromatic nitrogens is 1. The number of hydrogen-bond donors (Lipinski definition) is 1. The average molecular weight is 374 g/mol. The molecule has 1 saturated heterocycles. The van der Waals surface area contributed by atoms with Crippen molar-refractivity contribution in [1.82, 2.24) is 14.8 Å². The van der Waals surface area contributed by atoms with Crippen LogP contribution >= 0.6 is 11.6 Å². The number of aryl methyl sites for hydroxylation is 1. The second-order valence-electron chi connectivity index (χ2n) is 6.38. The number of hydrogen-bond acceptors (Lipinski definition) is 3. The molecule has 2 amide bonds. The number of H-pyrrole nitrogens is 1. The van der Waals surface area contributed by atoms with Crippen LogP contribution in [0.1, 0.15) is 32.8 Å². The Labute approximate surface area is 156 Å². The molecule has 6 nitrogen and oxygen atoms in total. The van der Waals surface area contributed by atoms with E-state index in [-0.39, 0.29) is 23.1 Å². The number of amides is 2. The van der Waals surface area contributed by atoms with Crippen LogP contribution in [0.5, 0.6) is 0 Å². The summed E-state index contributed by atoms with van der Waals surface area (Å²) >= 11 is 5.87. The molecule has 1 aliphatic heterocycles. The summed E-state index contributed by atoms with van der Waals surface area (Å²) in [6.07, 6.45) is 0.682. The summed E-state index contributed by atoms with van der Waals surface area (Å²) in [5, 5.41) is 0.585. The Morgan fingerprint density at radius 1 is 0.962 bits per heavy atom. The zero-order valence-corrected chi connectivity index (χ0v) is 15.3. The molecule has 0 radical (unpaired) electrons. The van der Waals surface area contributed by atoms with Gasteiger partial charge in [-0.3, -0.25) is 14.4 Å². The van der Waals surface area contributed by atoms with E-state index in [4.69, 9.17) is 11.6 Å². The number of nitrogens with zero attached hydrogens (tertiary/aromatic N) is 2. The third kappa shape index (κ3) is 4.14.